The van der Waals surface area contributed by atoms with E-state index in [1.807, 2.05) is 6.92 Å². The fourth-order valence-corrected chi connectivity index (χ4v) is 4.46. The summed E-state index contributed by atoms with van der Waals surface area (Å²) in [5.41, 5.74) is 3.77. The Morgan fingerprint density at radius 1 is 1.07 bits per heavy atom. The predicted molar refractivity (Wildman–Crippen MR) is 109 cm³/mol. The molecule has 28 heavy (non-hydrogen) atoms. The first-order chi connectivity index (χ1) is 13.6. The molecule has 0 bridgehead atoms. The molecule has 0 radical (unpaired) electrons. The van der Waals surface area contributed by atoms with E-state index >= 15 is 0 Å². The van der Waals surface area contributed by atoms with Crippen LogP contribution in [0.4, 0.5) is 0 Å². The Morgan fingerprint density at radius 2 is 1.75 bits per heavy atom. The molecule has 4 rings (SSSR count). The van der Waals surface area contributed by atoms with Gasteiger partial charge in [0.1, 0.15) is 5.54 Å². The fourth-order valence-electron chi connectivity index (χ4n) is 4.46. The molecule has 1 saturated heterocycles. The third kappa shape index (κ3) is 3.66. The van der Waals surface area contributed by atoms with Gasteiger partial charge in [-0.15, -0.1) is 0 Å². The molecule has 0 unspecified atom stereocenters. The number of aryl methyl sites for hydroxylation is 1. The molecule has 0 spiro atoms. The summed E-state index contributed by atoms with van der Waals surface area (Å²) in [5, 5.41) is 3.16. The van der Waals surface area contributed by atoms with E-state index in [4.69, 9.17) is 0 Å². The van der Waals surface area contributed by atoms with Gasteiger partial charge in [0.2, 0.25) is 5.91 Å². The Labute approximate surface area is 167 Å². The lowest BCUT2D eigenvalue weighted by molar-refractivity contribution is -0.135. The summed E-state index contributed by atoms with van der Waals surface area (Å²) in [5.74, 6) is 0.107. The Balaban J connectivity index is 1.53. The molecule has 0 atom stereocenters. The van der Waals surface area contributed by atoms with E-state index in [1.54, 1.807) is 12.4 Å². The molecule has 1 aliphatic carbocycles. The minimum atomic E-state index is -0.498. The highest BCUT2D eigenvalue weighted by atomic mass is 16.2. The lowest BCUT2D eigenvalue weighted by Gasteiger charge is -2.44. The highest BCUT2D eigenvalue weighted by Gasteiger charge is 2.48. The molecule has 1 fully saturated rings. The first-order valence-electron chi connectivity index (χ1n) is 10.2. The molecule has 0 saturated carbocycles. The summed E-state index contributed by atoms with van der Waals surface area (Å²) in [6.07, 6.45) is 5.04. The SMILES string of the molecule is CCN1CCN(C2(C(=O)NCc3cnc(C)cn3)Cc3ccccc3C2)CC1. The summed E-state index contributed by atoms with van der Waals surface area (Å²) in [6, 6.07) is 8.48. The van der Waals surface area contributed by atoms with Crippen molar-refractivity contribution in [1.29, 1.82) is 0 Å². The van der Waals surface area contributed by atoms with Gasteiger partial charge >= 0.3 is 0 Å². The van der Waals surface area contributed by atoms with Crippen LogP contribution < -0.4 is 5.32 Å². The van der Waals surface area contributed by atoms with Gasteiger partial charge in [0, 0.05) is 45.2 Å². The van der Waals surface area contributed by atoms with E-state index in [0.29, 0.717) is 6.54 Å². The molecule has 1 aromatic carbocycles. The first-order valence-corrected chi connectivity index (χ1v) is 10.2. The van der Waals surface area contributed by atoms with Crippen molar-refractivity contribution in [3.63, 3.8) is 0 Å². The smallest absolute Gasteiger partial charge is 0.241 e. The molecule has 1 aromatic heterocycles. The van der Waals surface area contributed by atoms with Gasteiger partial charge in [-0.25, -0.2) is 0 Å². The third-order valence-corrected chi connectivity index (χ3v) is 6.20. The number of carbonyl (C=O) groups is 1. The number of fused-ring (bicyclic) bond motifs is 1. The van der Waals surface area contributed by atoms with Gasteiger partial charge in [0.05, 0.1) is 24.1 Å². The Bertz CT molecular complexity index is 802. The first kappa shape index (κ1) is 19.0. The van der Waals surface area contributed by atoms with Crippen molar-refractivity contribution in [3.05, 3.63) is 59.2 Å². The van der Waals surface area contributed by atoms with Gasteiger partial charge in [-0.05, 0) is 24.6 Å². The quantitative estimate of drug-likeness (QED) is 0.855. The molecule has 2 aliphatic rings. The van der Waals surface area contributed by atoms with Gasteiger partial charge < -0.3 is 10.2 Å². The number of nitrogens with zero attached hydrogens (tertiary/aromatic N) is 4. The van der Waals surface area contributed by atoms with Crippen LogP contribution >= 0.6 is 0 Å². The molecule has 1 amide bonds. The minimum absolute atomic E-state index is 0.107. The van der Waals surface area contributed by atoms with Gasteiger partial charge in [-0.3, -0.25) is 19.7 Å². The largest absolute Gasteiger partial charge is 0.349 e. The number of carbonyl (C=O) groups excluding carboxylic acids is 1. The van der Waals surface area contributed by atoms with Crippen molar-refractivity contribution in [3.8, 4) is 0 Å². The molecule has 6 nitrogen and oxygen atoms in total. The van der Waals surface area contributed by atoms with Crippen molar-refractivity contribution >= 4 is 5.91 Å². The number of hydrogen-bond donors (Lipinski definition) is 1. The zero-order chi connectivity index (χ0) is 19.6. The zero-order valence-electron chi connectivity index (χ0n) is 16.8. The minimum Gasteiger partial charge on any atom is -0.349 e. The number of nitrogens with one attached hydrogen (secondary N) is 1. The second-order valence-corrected chi connectivity index (χ2v) is 7.91. The summed E-state index contributed by atoms with van der Waals surface area (Å²) in [4.78, 5) is 27.0. The number of amides is 1. The summed E-state index contributed by atoms with van der Waals surface area (Å²) >= 11 is 0. The van der Waals surface area contributed by atoms with Gasteiger partial charge in [0.15, 0.2) is 0 Å². The summed E-state index contributed by atoms with van der Waals surface area (Å²) < 4.78 is 0. The molecule has 1 aliphatic heterocycles. The van der Waals surface area contributed by atoms with E-state index in [-0.39, 0.29) is 5.91 Å². The Morgan fingerprint density at radius 3 is 2.32 bits per heavy atom. The molecule has 6 heteroatoms. The predicted octanol–water partition coefficient (Wildman–Crippen LogP) is 1.58. The average Bonchev–Trinajstić information content (AvgIpc) is 3.14. The number of likely N-dealkylation sites (N-methyl/N-ethyl adjacent to an activating group) is 1. The Hall–Kier alpha value is -2.31. The van der Waals surface area contributed by atoms with Crippen LogP contribution in [0.1, 0.15) is 29.4 Å². The van der Waals surface area contributed by atoms with Gasteiger partial charge in [-0.1, -0.05) is 31.2 Å². The van der Waals surface area contributed by atoms with Crippen LogP contribution in [0.5, 0.6) is 0 Å². The standard InChI is InChI=1S/C22H29N5O/c1-3-26-8-10-27(11-9-26)22(12-18-6-4-5-7-19(18)13-22)21(28)25-16-20-15-23-17(2)14-24-20/h4-7,14-15H,3,8-13,16H2,1-2H3,(H,25,28). The Kier molecular flexibility index (Phi) is 5.42. The molecule has 148 valence electrons. The number of piperazine rings is 1. The fraction of sp³-hybridized carbons (Fsp3) is 0.500. The van der Waals surface area contributed by atoms with Crippen LogP contribution in [-0.2, 0) is 24.2 Å². The van der Waals surface area contributed by atoms with Crippen molar-refractivity contribution < 1.29 is 4.79 Å². The molecular formula is C22H29N5O. The molecular weight excluding hydrogens is 350 g/mol. The molecule has 1 N–H and O–H groups in total. The third-order valence-electron chi connectivity index (χ3n) is 6.20. The van der Waals surface area contributed by atoms with E-state index < -0.39 is 5.54 Å². The monoisotopic (exact) mass is 379 g/mol. The summed E-state index contributed by atoms with van der Waals surface area (Å²) in [7, 11) is 0. The van der Waals surface area contributed by atoms with Crippen molar-refractivity contribution in [1.82, 2.24) is 25.1 Å². The van der Waals surface area contributed by atoms with E-state index in [9.17, 15) is 4.79 Å². The maximum absolute atomic E-state index is 13.5. The molecule has 2 aromatic rings. The lowest BCUT2D eigenvalue weighted by atomic mass is 9.90. The zero-order valence-corrected chi connectivity index (χ0v) is 16.8. The van der Waals surface area contributed by atoms with Crippen molar-refractivity contribution in [2.24, 2.45) is 0 Å². The van der Waals surface area contributed by atoms with Gasteiger partial charge in [0.25, 0.3) is 0 Å². The van der Waals surface area contributed by atoms with Crippen LogP contribution in [0.3, 0.4) is 0 Å². The van der Waals surface area contributed by atoms with Gasteiger partial charge in [-0.2, -0.15) is 0 Å². The van der Waals surface area contributed by atoms with E-state index in [1.165, 1.54) is 11.1 Å². The maximum Gasteiger partial charge on any atom is 0.241 e. The van der Waals surface area contributed by atoms with Crippen molar-refractivity contribution in [2.45, 2.75) is 38.8 Å². The van der Waals surface area contributed by atoms with Crippen LogP contribution in [0, 0.1) is 6.92 Å². The lowest BCUT2D eigenvalue weighted by Crippen LogP contribution is -2.64. The number of benzene rings is 1. The maximum atomic E-state index is 13.5. The topological polar surface area (TPSA) is 61.4 Å². The highest BCUT2D eigenvalue weighted by Crippen LogP contribution is 2.35. The van der Waals surface area contributed by atoms with Crippen LogP contribution in [-0.4, -0.2) is 63.9 Å². The number of aromatic nitrogens is 2. The highest BCUT2D eigenvalue weighted by molar-refractivity contribution is 5.88. The second-order valence-electron chi connectivity index (χ2n) is 7.91. The van der Waals surface area contributed by atoms with Crippen LogP contribution in [0.25, 0.3) is 0 Å². The van der Waals surface area contributed by atoms with E-state index in [2.05, 4.69) is 56.3 Å². The van der Waals surface area contributed by atoms with Crippen LogP contribution in [0.2, 0.25) is 0 Å². The second kappa shape index (κ2) is 7.97. The van der Waals surface area contributed by atoms with Crippen LogP contribution in [0.15, 0.2) is 36.7 Å². The normalized spacial score (nSPS) is 19.4. The number of hydrogen-bond acceptors (Lipinski definition) is 5. The van der Waals surface area contributed by atoms with E-state index in [0.717, 1.165) is 57.0 Å². The summed E-state index contributed by atoms with van der Waals surface area (Å²) in [6.45, 7) is 9.50. The van der Waals surface area contributed by atoms with Crippen molar-refractivity contribution in [2.75, 3.05) is 32.7 Å². The molecule has 2 heterocycles. The number of rotatable bonds is 5. The average molecular weight is 380 g/mol.